The summed E-state index contributed by atoms with van der Waals surface area (Å²) in [7, 11) is 0. The fourth-order valence-electron chi connectivity index (χ4n) is 1.25. The van der Waals surface area contributed by atoms with Crippen molar-refractivity contribution in [3.8, 4) is 11.4 Å². The number of halogens is 1. The van der Waals surface area contributed by atoms with Crippen LogP contribution in [0.25, 0.3) is 5.69 Å². The third-order valence-corrected chi connectivity index (χ3v) is 2.15. The first-order valence-corrected chi connectivity index (χ1v) is 4.58. The van der Waals surface area contributed by atoms with E-state index in [1.54, 1.807) is 16.7 Å². The van der Waals surface area contributed by atoms with Gasteiger partial charge in [0.05, 0.1) is 0 Å². The normalized spacial score (nSPS) is 10.1. The van der Waals surface area contributed by atoms with Crippen molar-refractivity contribution in [1.82, 2.24) is 0 Å². The highest BCUT2D eigenvalue weighted by Crippen LogP contribution is 2.18. The van der Waals surface area contributed by atoms with E-state index in [2.05, 4.69) is 0 Å². The van der Waals surface area contributed by atoms with Crippen LogP contribution < -0.4 is 9.67 Å². The van der Waals surface area contributed by atoms with Crippen LogP contribution in [0.1, 0.15) is 0 Å². The van der Waals surface area contributed by atoms with Crippen LogP contribution in [0.5, 0.6) is 5.75 Å². The van der Waals surface area contributed by atoms with Crippen LogP contribution in [0.2, 0.25) is 5.02 Å². The molecule has 0 atom stereocenters. The van der Waals surface area contributed by atoms with Crippen LogP contribution >= 0.6 is 11.6 Å². The van der Waals surface area contributed by atoms with Gasteiger partial charge < -0.3 is 5.11 Å². The molecule has 14 heavy (non-hydrogen) atoms. The lowest BCUT2D eigenvalue weighted by Crippen LogP contribution is -2.30. The molecule has 1 aromatic carbocycles. The van der Waals surface area contributed by atoms with E-state index in [9.17, 15) is 5.11 Å². The van der Waals surface area contributed by atoms with Crippen molar-refractivity contribution in [3.05, 3.63) is 53.8 Å². The Morgan fingerprint density at radius 1 is 1.07 bits per heavy atom. The van der Waals surface area contributed by atoms with E-state index in [0.29, 0.717) is 10.7 Å². The number of hydrogen-bond donors (Lipinski definition) is 0. The van der Waals surface area contributed by atoms with Gasteiger partial charge in [0, 0.05) is 23.2 Å². The van der Waals surface area contributed by atoms with E-state index in [0.717, 1.165) is 0 Å². The van der Waals surface area contributed by atoms with Crippen molar-refractivity contribution in [1.29, 1.82) is 0 Å². The zero-order valence-corrected chi connectivity index (χ0v) is 8.11. The summed E-state index contributed by atoms with van der Waals surface area (Å²) in [5.41, 5.74) is 0.568. The Balaban J connectivity index is 2.57. The molecule has 2 nitrogen and oxygen atoms in total. The summed E-state index contributed by atoms with van der Waals surface area (Å²) in [5, 5.41) is 12.1. The van der Waals surface area contributed by atoms with E-state index in [1.165, 1.54) is 6.07 Å². The van der Waals surface area contributed by atoms with E-state index in [-0.39, 0.29) is 5.75 Å². The lowest BCUT2D eigenvalue weighted by molar-refractivity contribution is -0.599. The molecular formula is C11H8ClNO. The maximum Gasteiger partial charge on any atom is 0.204 e. The Morgan fingerprint density at radius 2 is 1.79 bits per heavy atom. The molecule has 0 saturated heterocycles. The lowest BCUT2D eigenvalue weighted by atomic mass is 10.3. The molecule has 2 aromatic rings. The molecular weight excluding hydrogens is 198 g/mol. The van der Waals surface area contributed by atoms with Crippen molar-refractivity contribution in [3.63, 3.8) is 0 Å². The van der Waals surface area contributed by atoms with Gasteiger partial charge in [-0.15, -0.1) is 0 Å². The molecule has 0 spiro atoms. The smallest absolute Gasteiger partial charge is 0.204 e. The summed E-state index contributed by atoms with van der Waals surface area (Å²) in [5.74, 6) is -0.0365. The molecule has 0 radical (unpaired) electrons. The molecule has 0 fully saturated rings. The molecule has 0 unspecified atom stereocenters. The second-order valence-corrected chi connectivity index (χ2v) is 3.33. The summed E-state index contributed by atoms with van der Waals surface area (Å²) < 4.78 is 1.74. The average molecular weight is 206 g/mol. The number of nitrogens with zero attached hydrogens (tertiary/aromatic N) is 1. The molecule has 0 aliphatic heterocycles. The summed E-state index contributed by atoms with van der Waals surface area (Å²) >= 11 is 5.81. The maximum atomic E-state index is 11.5. The first kappa shape index (κ1) is 9.03. The largest absolute Gasteiger partial charge is 0.868 e. The predicted molar refractivity (Wildman–Crippen MR) is 52.4 cm³/mol. The Morgan fingerprint density at radius 3 is 2.50 bits per heavy atom. The van der Waals surface area contributed by atoms with Gasteiger partial charge >= 0.3 is 0 Å². The SMILES string of the molecule is [O-]c1ccc(Cl)cc1-[n+]1ccccc1. The first-order chi connectivity index (χ1) is 6.77. The second kappa shape index (κ2) is 3.68. The van der Waals surface area contributed by atoms with Gasteiger partial charge in [-0.1, -0.05) is 23.7 Å². The van der Waals surface area contributed by atoms with Crippen molar-refractivity contribution in [2.24, 2.45) is 0 Å². The molecule has 0 aliphatic rings. The Bertz CT molecular complexity index is 442. The first-order valence-electron chi connectivity index (χ1n) is 4.20. The predicted octanol–water partition coefficient (Wildman–Crippen LogP) is 1.69. The van der Waals surface area contributed by atoms with E-state index >= 15 is 0 Å². The summed E-state index contributed by atoms with van der Waals surface area (Å²) in [6.07, 6.45) is 3.63. The molecule has 70 valence electrons. The highest BCUT2D eigenvalue weighted by molar-refractivity contribution is 6.30. The molecule has 2 rings (SSSR count). The molecule has 0 N–H and O–H groups in total. The third kappa shape index (κ3) is 1.70. The van der Waals surface area contributed by atoms with Gasteiger partial charge in [0.2, 0.25) is 5.69 Å². The van der Waals surface area contributed by atoms with E-state index in [4.69, 9.17) is 11.6 Å². The zero-order valence-electron chi connectivity index (χ0n) is 7.35. The quantitative estimate of drug-likeness (QED) is 0.651. The number of aromatic nitrogens is 1. The van der Waals surface area contributed by atoms with Gasteiger partial charge in [0.15, 0.2) is 12.4 Å². The maximum absolute atomic E-state index is 11.5. The van der Waals surface area contributed by atoms with Gasteiger partial charge in [-0.25, -0.2) is 0 Å². The minimum absolute atomic E-state index is 0.0365. The molecule has 1 heterocycles. The summed E-state index contributed by atoms with van der Waals surface area (Å²) in [6.45, 7) is 0. The van der Waals surface area contributed by atoms with Crippen molar-refractivity contribution >= 4 is 11.6 Å². The lowest BCUT2D eigenvalue weighted by Gasteiger charge is -2.07. The van der Waals surface area contributed by atoms with Crippen LogP contribution in [-0.4, -0.2) is 0 Å². The van der Waals surface area contributed by atoms with Gasteiger partial charge in [-0.05, 0) is 11.8 Å². The fourth-order valence-corrected chi connectivity index (χ4v) is 1.42. The molecule has 0 saturated carbocycles. The molecule has 3 heteroatoms. The number of hydrogen-bond acceptors (Lipinski definition) is 1. The fraction of sp³-hybridized carbons (Fsp3) is 0. The summed E-state index contributed by atoms with van der Waals surface area (Å²) in [4.78, 5) is 0. The monoisotopic (exact) mass is 205 g/mol. The standard InChI is InChI=1S/C11H8ClNO/c12-9-4-5-11(14)10(8-9)13-6-2-1-3-7-13/h1-8H. The minimum Gasteiger partial charge on any atom is -0.868 e. The zero-order chi connectivity index (χ0) is 9.97. The van der Waals surface area contributed by atoms with E-state index < -0.39 is 0 Å². The van der Waals surface area contributed by atoms with Crippen LogP contribution in [0.4, 0.5) is 0 Å². The molecule has 0 bridgehead atoms. The molecule has 1 aromatic heterocycles. The highest BCUT2D eigenvalue weighted by Gasteiger charge is 2.05. The third-order valence-electron chi connectivity index (χ3n) is 1.91. The van der Waals surface area contributed by atoms with Gasteiger partial charge in [-0.3, -0.25) is 0 Å². The minimum atomic E-state index is -0.0365. The van der Waals surface area contributed by atoms with Crippen LogP contribution in [0, 0.1) is 0 Å². The van der Waals surface area contributed by atoms with Crippen LogP contribution in [0.15, 0.2) is 48.8 Å². The van der Waals surface area contributed by atoms with Gasteiger partial charge in [0.1, 0.15) is 0 Å². The Hall–Kier alpha value is -1.54. The second-order valence-electron chi connectivity index (χ2n) is 2.89. The number of pyridine rings is 1. The summed E-state index contributed by atoms with van der Waals surface area (Å²) in [6, 6.07) is 10.3. The topological polar surface area (TPSA) is 26.9 Å². The van der Waals surface area contributed by atoms with Crippen molar-refractivity contribution in [2.75, 3.05) is 0 Å². The van der Waals surface area contributed by atoms with Crippen molar-refractivity contribution in [2.45, 2.75) is 0 Å². The Labute approximate surface area is 87.0 Å². The van der Waals surface area contributed by atoms with Gasteiger partial charge in [-0.2, -0.15) is 4.57 Å². The number of benzene rings is 1. The average Bonchev–Trinajstić information content (AvgIpc) is 2.23. The van der Waals surface area contributed by atoms with Crippen molar-refractivity contribution < 1.29 is 9.67 Å². The molecule has 0 aliphatic carbocycles. The molecule has 0 amide bonds. The Kier molecular flexibility index (Phi) is 2.37. The van der Waals surface area contributed by atoms with Crippen LogP contribution in [-0.2, 0) is 0 Å². The highest BCUT2D eigenvalue weighted by atomic mass is 35.5. The van der Waals surface area contributed by atoms with Gasteiger partial charge in [0.25, 0.3) is 0 Å². The number of rotatable bonds is 1. The van der Waals surface area contributed by atoms with Crippen LogP contribution in [0.3, 0.4) is 0 Å². The van der Waals surface area contributed by atoms with E-state index in [1.807, 2.05) is 30.6 Å².